The molecule has 30 heavy (non-hydrogen) atoms. The lowest BCUT2D eigenvalue weighted by Crippen LogP contribution is -2.23. The molecule has 5 rings (SSSR count). The van der Waals surface area contributed by atoms with Crippen LogP contribution < -0.4 is 5.56 Å². The van der Waals surface area contributed by atoms with Gasteiger partial charge in [0, 0.05) is 11.7 Å². The van der Waals surface area contributed by atoms with Crippen molar-refractivity contribution in [3.8, 4) is 5.69 Å². The van der Waals surface area contributed by atoms with Crippen molar-refractivity contribution in [2.45, 2.75) is 39.7 Å². The first kappa shape index (κ1) is 18.5. The van der Waals surface area contributed by atoms with Crippen LogP contribution in [-0.4, -0.2) is 24.1 Å². The van der Waals surface area contributed by atoms with E-state index in [1.54, 1.807) is 10.9 Å². The highest BCUT2D eigenvalue weighted by molar-refractivity contribution is 6.05. The largest absolute Gasteiger partial charge is 0.296 e. The molecule has 0 amide bonds. The lowest BCUT2D eigenvalue weighted by atomic mass is 10.1. The summed E-state index contributed by atoms with van der Waals surface area (Å²) >= 11 is 0. The van der Waals surface area contributed by atoms with Crippen LogP contribution in [-0.2, 0) is 6.42 Å². The Morgan fingerprint density at radius 2 is 1.63 bits per heavy atom. The molecule has 0 bridgehead atoms. The van der Waals surface area contributed by atoms with E-state index >= 15 is 0 Å². The van der Waals surface area contributed by atoms with Gasteiger partial charge < -0.3 is 0 Å². The maximum absolute atomic E-state index is 13.5. The summed E-state index contributed by atoms with van der Waals surface area (Å²) < 4.78 is 3.65. The molecule has 6 nitrogen and oxygen atoms in total. The van der Waals surface area contributed by atoms with Gasteiger partial charge in [-0.25, -0.2) is 15.0 Å². The van der Waals surface area contributed by atoms with Gasteiger partial charge in [0.05, 0.1) is 11.0 Å². The predicted molar refractivity (Wildman–Crippen MR) is 120 cm³/mol. The molecule has 0 aliphatic rings. The molecule has 150 valence electrons. The molecule has 5 aromatic rings. The van der Waals surface area contributed by atoms with Gasteiger partial charge in [-0.15, -0.1) is 0 Å². The van der Waals surface area contributed by atoms with Gasteiger partial charge in [0.1, 0.15) is 17.2 Å². The number of para-hydroxylation sites is 2. The number of aryl methyl sites for hydroxylation is 1. The summed E-state index contributed by atoms with van der Waals surface area (Å²) in [5.41, 5.74) is 5.50. The second-order valence-electron chi connectivity index (χ2n) is 7.65. The van der Waals surface area contributed by atoms with E-state index in [4.69, 9.17) is 15.0 Å². The van der Waals surface area contributed by atoms with Gasteiger partial charge in [-0.05, 0) is 49.6 Å². The van der Waals surface area contributed by atoms with Crippen molar-refractivity contribution < 1.29 is 0 Å². The van der Waals surface area contributed by atoms with Gasteiger partial charge in [0.15, 0.2) is 11.3 Å². The van der Waals surface area contributed by atoms with Crippen molar-refractivity contribution >= 4 is 33.2 Å². The zero-order valence-electron chi connectivity index (χ0n) is 17.3. The fourth-order valence-corrected chi connectivity index (χ4v) is 3.89. The Bertz CT molecular complexity index is 1450. The smallest absolute Gasteiger partial charge is 0.265 e. The second-order valence-corrected chi connectivity index (χ2v) is 7.65. The number of hydrogen-bond acceptors (Lipinski definition) is 4. The van der Waals surface area contributed by atoms with Crippen LogP contribution in [0.2, 0.25) is 0 Å². The SMILES string of the molecule is CCc1ccc(-n2c3nc4ccccc4nc3c3c(=O)n(C(C)CC)cnc32)cc1. The van der Waals surface area contributed by atoms with Crippen molar-refractivity contribution in [2.75, 3.05) is 0 Å². The number of nitrogens with zero attached hydrogens (tertiary/aromatic N) is 5. The van der Waals surface area contributed by atoms with Crippen LogP contribution in [0.25, 0.3) is 38.9 Å². The Morgan fingerprint density at radius 1 is 0.933 bits per heavy atom. The maximum Gasteiger partial charge on any atom is 0.265 e. The molecule has 0 spiro atoms. The molecule has 0 aliphatic heterocycles. The normalized spacial score (nSPS) is 12.8. The van der Waals surface area contributed by atoms with E-state index in [0.29, 0.717) is 22.2 Å². The first-order valence-corrected chi connectivity index (χ1v) is 10.4. The van der Waals surface area contributed by atoms with Crippen molar-refractivity contribution in [2.24, 2.45) is 0 Å². The zero-order valence-corrected chi connectivity index (χ0v) is 17.3. The van der Waals surface area contributed by atoms with Crippen LogP contribution in [0.4, 0.5) is 0 Å². The van der Waals surface area contributed by atoms with Crippen molar-refractivity contribution in [3.63, 3.8) is 0 Å². The molecule has 3 aromatic heterocycles. The molecule has 2 aromatic carbocycles. The molecule has 0 saturated heterocycles. The molecule has 0 aliphatic carbocycles. The van der Waals surface area contributed by atoms with Crippen molar-refractivity contribution in [1.29, 1.82) is 0 Å². The van der Waals surface area contributed by atoms with E-state index in [-0.39, 0.29) is 11.6 Å². The lowest BCUT2D eigenvalue weighted by molar-refractivity contribution is 0.510. The van der Waals surface area contributed by atoms with Crippen LogP contribution in [0.5, 0.6) is 0 Å². The summed E-state index contributed by atoms with van der Waals surface area (Å²) in [7, 11) is 0. The minimum Gasteiger partial charge on any atom is -0.296 e. The van der Waals surface area contributed by atoms with Crippen molar-refractivity contribution in [1.82, 2.24) is 24.1 Å². The third-order valence-corrected chi connectivity index (χ3v) is 5.86. The highest BCUT2D eigenvalue weighted by Crippen LogP contribution is 2.28. The summed E-state index contributed by atoms with van der Waals surface area (Å²) in [6.07, 6.45) is 3.46. The van der Waals surface area contributed by atoms with Gasteiger partial charge >= 0.3 is 0 Å². The summed E-state index contributed by atoms with van der Waals surface area (Å²) in [6.45, 7) is 6.22. The Balaban J connectivity index is 1.94. The van der Waals surface area contributed by atoms with Crippen LogP contribution in [0, 0.1) is 0 Å². The minimum atomic E-state index is -0.0761. The van der Waals surface area contributed by atoms with Gasteiger partial charge in [-0.1, -0.05) is 38.1 Å². The molecule has 3 heterocycles. The number of aromatic nitrogens is 5. The van der Waals surface area contributed by atoms with Crippen molar-refractivity contribution in [3.05, 3.63) is 70.8 Å². The second kappa shape index (κ2) is 7.06. The van der Waals surface area contributed by atoms with E-state index in [2.05, 4.69) is 38.1 Å². The summed E-state index contributed by atoms with van der Waals surface area (Å²) in [6, 6.07) is 16.1. The summed E-state index contributed by atoms with van der Waals surface area (Å²) in [5.74, 6) is 0. The van der Waals surface area contributed by atoms with Crippen LogP contribution in [0.3, 0.4) is 0 Å². The van der Waals surface area contributed by atoms with E-state index in [1.807, 2.05) is 35.8 Å². The Hall–Kier alpha value is -3.54. The predicted octanol–water partition coefficient (Wildman–Crippen LogP) is 4.82. The van der Waals surface area contributed by atoms with E-state index in [0.717, 1.165) is 29.6 Å². The summed E-state index contributed by atoms with van der Waals surface area (Å²) in [5, 5.41) is 0.519. The third kappa shape index (κ3) is 2.71. The van der Waals surface area contributed by atoms with Crippen LogP contribution in [0.15, 0.2) is 59.7 Å². The average molecular weight is 397 g/mol. The van der Waals surface area contributed by atoms with Gasteiger partial charge in [0.25, 0.3) is 5.56 Å². The van der Waals surface area contributed by atoms with E-state index in [1.165, 1.54) is 5.56 Å². The van der Waals surface area contributed by atoms with Gasteiger partial charge in [-0.2, -0.15) is 0 Å². The molecule has 1 unspecified atom stereocenters. The summed E-state index contributed by atoms with van der Waals surface area (Å²) in [4.78, 5) is 27.9. The van der Waals surface area contributed by atoms with E-state index in [9.17, 15) is 4.79 Å². The Labute approximate surface area is 173 Å². The monoisotopic (exact) mass is 397 g/mol. The highest BCUT2D eigenvalue weighted by atomic mass is 16.1. The molecule has 0 N–H and O–H groups in total. The molecule has 6 heteroatoms. The first-order valence-electron chi connectivity index (χ1n) is 10.4. The molecular weight excluding hydrogens is 374 g/mol. The molecular formula is C24H23N5O. The number of hydrogen-bond donors (Lipinski definition) is 0. The third-order valence-electron chi connectivity index (χ3n) is 5.86. The fraction of sp³-hybridized carbons (Fsp3) is 0.250. The molecule has 0 saturated carbocycles. The molecule has 1 atom stereocenters. The number of benzene rings is 2. The molecule has 0 radical (unpaired) electrons. The Kier molecular flexibility index (Phi) is 4.35. The standard InChI is InChI=1S/C24H23N5O/c1-4-15(3)28-14-25-22-20(24(28)30)21-23(27-19-9-7-6-8-18(19)26-21)29(22)17-12-10-16(5-2)11-13-17/h6-15H,4-5H2,1-3H3. The van der Waals surface area contributed by atoms with Gasteiger partial charge in [0.2, 0.25) is 0 Å². The first-order chi connectivity index (χ1) is 14.6. The highest BCUT2D eigenvalue weighted by Gasteiger charge is 2.21. The molecule has 0 fully saturated rings. The topological polar surface area (TPSA) is 65.6 Å². The van der Waals surface area contributed by atoms with Gasteiger partial charge in [-0.3, -0.25) is 13.9 Å². The number of fused-ring (bicyclic) bond motifs is 4. The van der Waals surface area contributed by atoms with Crippen LogP contribution >= 0.6 is 0 Å². The zero-order chi connectivity index (χ0) is 20.8. The quantitative estimate of drug-likeness (QED) is 0.436. The minimum absolute atomic E-state index is 0.0602. The van der Waals surface area contributed by atoms with Crippen LogP contribution in [0.1, 0.15) is 38.8 Å². The average Bonchev–Trinajstić information content (AvgIpc) is 3.11. The van der Waals surface area contributed by atoms with E-state index < -0.39 is 0 Å². The Morgan fingerprint density at radius 3 is 2.30 bits per heavy atom. The maximum atomic E-state index is 13.5. The fourth-order valence-electron chi connectivity index (χ4n) is 3.89. The number of rotatable bonds is 4. The lowest BCUT2D eigenvalue weighted by Gasteiger charge is -2.12.